The predicted molar refractivity (Wildman–Crippen MR) is 61.6 cm³/mol. The highest BCUT2D eigenvalue weighted by Gasteiger charge is 2.07. The molecule has 0 aliphatic carbocycles. The van der Waals surface area contributed by atoms with Crippen molar-refractivity contribution in [1.82, 2.24) is 5.16 Å². The van der Waals surface area contributed by atoms with Crippen LogP contribution in [0.5, 0.6) is 5.88 Å². The van der Waals surface area contributed by atoms with Crippen LogP contribution in [0.1, 0.15) is 0 Å². The first kappa shape index (κ1) is 12.0. The summed E-state index contributed by atoms with van der Waals surface area (Å²) in [6.45, 7) is 0.928. The van der Waals surface area contributed by atoms with E-state index in [4.69, 9.17) is 15.0 Å². The Morgan fingerprint density at radius 1 is 1.53 bits per heavy atom. The molecule has 4 nitrogen and oxygen atoms in total. The van der Waals surface area contributed by atoms with E-state index in [1.165, 1.54) is 0 Å². The van der Waals surface area contributed by atoms with Crippen LogP contribution in [0.3, 0.4) is 0 Å². The number of nitrogens with zero attached hydrogens (tertiary/aromatic N) is 1. The monoisotopic (exact) mass is 246 g/mol. The number of nitrogens with two attached hydrogens (primary N) is 1. The SMILES string of the molecule is Cl.NCCOc1cc(-c2cccs2)on1. The first-order valence-corrected chi connectivity index (χ1v) is 5.11. The summed E-state index contributed by atoms with van der Waals surface area (Å²) in [7, 11) is 0. The molecule has 0 spiro atoms. The summed E-state index contributed by atoms with van der Waals surface area (Å²) < 4.78 is 10.3. The molecule has 0 saturated carbocycles. The minimum atomic E-state index is 0. The van der Waals surface area contributed by atoms with Gasteiger partial charge in [0.2, 0.25) is 0 Å². The fourth-order valence-electron chi connectivity index (χ4n) is 1.03. The molecule has 0 saturated heterocycles. The van der Waals surface area contributed by atoms with Gasteiger partial charge >= 0.3 is 0 Å². The number of rotatable bonds is 4. The summed E-state index contributed by atoms with van der Waals surface area (Å²) in [6, 6.07) is 5.70. The summed E-state index contributed by atoms with van der Waals surface area (Å²) >= 11 is 1.60. The zero-order valence-electron chi connectivity index (χ0n) is 7.88. The van der Waals surface area contributed by atoms with Crippen molar-refractivity contribution >= 4 is 23.7 Å². The van der Waals surface area contributed by atoms with E-state index in [9.17, 15) is 0 Å². The van der Waals surface area contributed by atoms with Gasteiger partial charge in [0.15, 0.2) is 5.76 Å². The van der Waals surface area contributed by atoms with E-state index in [0.717, 1.165) is 10.6 Å². The molecule has 2 heterocycles. The van der Waals surface area contributed by atoms with Crippen LogP contribution in [-0.4, -0.2) is 18.3 Å². The molecule has 6 heteroatoms. The fraction of sp³-hybridized carbons (Fsp3) is 0.222. The molecule has 2 rings (SSSR count). The Kier molecular flexibility index (Phi) is 4.61. The minimum Gasteiger partial charge on any atom is -0.474 e. The molecule has 15 heavy (non-hydrogen) atoms. The second-order valence-electron chi connectivity index (χ2n) is 2.64. The molecule has 0 bridgehead atoms. The Labute approximate surface area is 97.4 Å². The number of aromatic nitrogens is 1. The molecule has 0 atom stereocenters. The van der Waals surface area contributed by atoms with Crippen molar-refractivity contribution in [2.24, 2.45) is 5.73 Å². The first-order valence-electron chi connectivity index (χ1n) is 4.23. The van der Waals surface area contributed by atoms with Gasteiger partial charge in [-0.05, 0) is 16.6 Å². The van der Waals surface area contributed by atoms with Crippen molar-refractivity contribution < 1.29 is 9.26 Å². The average molecular weight is 247 g/mol. The normalized spacial score (nSPS) is 9.67. The van der Waals surface area contributed by atoms with Crippen LogP contribution in [0.2, 0.25) is 0 Å². The maximum Gasteiger partial charge on any atom is 0.254 e. The molecule has 0 radical (unpaired) electrons. The van der Waals surface area contributed by atoms with Crippen LogP contribution in [0.4, 0.5) is 0 Å². The summed E-state index contributed by atoms with van der Waals surface area (Å²) in [4.78, 5) is 1.04. The van der Waals surface area contributed by atoms with E-state index in [-0.39, 0.29) is 12.4 Å². The van der Waals surface area contributed by atoms with Gasteiger partial charge in [-0.1, -0.05) is 6.07 Å². The number of hydrogen-bond acceptors (Lipinski definition) is 5. The van der Waals surface area contributed by atoms with Gasteiger partial charge in [-0.3, -0.25) is 0 Å². The largest absolute Gasteiger partial charge is 0.474 e. The van der Waals surface area contributed by atoms with Gasteiger partial charge in [-0.2, -0.15) is 0 Å². The molecule has 2 aromatic rings. The highest BCUT2D eigenvalue weighted by molar-refractivity contribution is 7.13. The summed E-state index contributed by atoms with van der Waals surface area (Å²) in [5.41, 5.74) is 5.30. The van der Waals surface area contributed by atoms with E-state index in [1.807, 2.05) is 17.5 Å². The third-order valence-electron chi connectivity index (χ3n) is 1.62. The zero-order valence-corrected chi connectivity index (χ0v) is 9.51. The lowest BCUT2D eigenvalue weighted by molar-refractivity contribution is 0.288. The van der Waals surface area contributed by atoms with Crippen LogP contribution in [-0.2, 0) is 0 Å². The summed E-state index contributed by atoms with van der Waals surface area (Å²) in [5.74, 6) is 1.21. The van der Waals surface area contributed by atoms with E-state index >= 15 is 0 Å². The van der Waals surface area contributed by atoms with Crippen LogP contribution >= 0.6 is 23.7 Å². The molecule has 2 N–H and O–H groups in total. The molecule has 2 aromatic heterocycles. The van der Waals surface area contributed by atoms with Crippen LogP contribution in [0.15, 0.2) is 28.1 Å². The standard InChI is InChI=1S/C9H10N2O2S.ClH/c10-3-4-12-9-6-7(13-11-9)8-2-1-5-14-8;/h1-2,5-6H,3-4,10H2;1H. The molecule has 0 amide bonds. The molecular formula is C9H11ClN2O2S. The van der Waals surface area contributed by atoms with Crippen molar-refractivity contribution in [3.63, 3.8) is 0 Å². The van der Waals surface area contributed by atoms with Gasteiger partial charge in [0.25, 0.3) is 5.88 Å². The van der Waals surface area contributed by atoms with Crippen molar-refractivity contribution in [2.75, 3.05) is 13.2 Å². The van der Waals surface area contributed by atoms with Gasteiger partial charge in [-0.15, -0.1) is 23.7 Å². The Hall–Kier alpha value is -1.04. The highest BCUT2D eigenvalue weighted by atomic mass is 35.5. The second-order valence-corrected chi connectivity index (χ2v) is 3.59. The smallest absolute Gasteiger partial charge is 0.254 e. The molecule has 0 unspecified atom stereocenters. The van der Waals surface area contributed by atoms with Gasteiger partial charge < -0.3 is 15.0 Å². The quantitative estimate of drug-likeness (QED) is 0.898. The number of hydrogen-bond donors (Lipinski definition) is 1. The Balaban J connectivity index is 0.00000112. The predicted octanol–water partition coefficient (Wildman–Crippen LogP) is 2.16. The van der Waals surface area contributed by atoms with Crippen molar-refractivity contribution in [1.29, 1.82) is 0 Å². The topological polar surface area (TPSA) is 61.3 Å². The van der Waals surface area contributed by atoms with Crippen molar-refractivity contribution in [3.05, 3.63) is 23.6 Å². The van der Waals surface area contributed by atoms with E-state index in [1.54, 1.807) is 17.4 Å². The molecular weight excluding hydrogens is 236 g/mol. The van der Waals surface area contributed by atoms with E-state index in [0.29, 0.717) is 19.0 Å². The maximum absolute atomic E-state index is 5.30. The maximum atomic E-state index is 5.30. The van der Waals surface area contributed by atoms with Crippen molar-refractivity contribution in [2.45, 2.75) is 0 Å². The van der Waals surface area contributed by atoms with Crippen molar-refractivity contribution in [3.8, 4) is 16.5 Å². The number of halogens is 1. The molecule has 0 aliphatic heterocycles. The number of thiophene rings is 1. The van der Waals surface area contributed by atoms with Crippen LogP contribution in [0, 0.1) is 0 Å². The summed E-state index contributed by atoms with van der Waals surface area (Å²) in [6.07, 6.45) is 0. The lowest BCUT2D eigenvalue weighted by Crippen LogP contribution is -2.10. The molecule has 0 aromatic carbocycles. The Bertz CT molecular complexity index is 388. The van der Waals surface area contributed by atoms with Gasteiger partial charge in [0, 0.05) is 6.54 Å². The first-order chi connectivity index (χ1) is 6.90. The number of ether oxygens (including phenoxy) is 1. The lowest BCUT2D eigenvalue weighted by Gasteiger charge is -1.95. The molecule has 0 fully saturated rings. The lowest BCUT2D eigenvalue weighted by atomic mass is 10.4. The molecule has 0 aliphatic rings. The summed E-state index contributed by atoms with van der Waals surface area (Å²) in [5, 5.41) is 5.75. The second kappa shape index (κ2) is 5.75. The van der Waals surface area contributed by atoms with Crippen LogP contribution < -0.4 is 10.5 Å². The average Bonchev–Trinajstić information content (AvgIpc) is 2.85. The van der Waals surface area contributed by atoms with E-state index < -0.39 is 0 Å². The molecule has 82 valence electrons. The van der Waals surface area contributed by atoms with Gasteiger partial charge in [0.05, 0.1) is 10.9 Å². The fourth-order valence-corrected chi connectivity index (χ4v) is 1.70. The van der Waals surface area contributed by atoms with Crippen LogP contribution in [0.25, 0.3) is 10.6 Å². The zero-order chi connectivity index (χ0) is 9.80. The van der Waals surface area contributed by atoms with E-state index in [2.05, 4.69) is 5.16 Å². The third-order valence-corrected chi connectivity index (χ3v) is 2.50. The third kappa shape index (κ3) is 2.95. The van der Waals surface area contributed by atoms with Gasteiger partial charge in [0.1, 0.15) is 6.61 Å². The van der Waals surface area contributed by atoms with Gasteiger partial charge in [-0.25, -0.2) is 0 Å². The minimum absolute atomic E-state index is 0. The highest BCUT2D eigenvalue weighted by Crippen LogP contribution is 2.27. The Morgan fingerprint density at radius 2 is 2.40 bits per heavy atom. The Morgan fingerprint density at radius 3 is 3.07 bits per heavy atom.